The van der Waals surface area contributed by atoms with Gasteiger partial charge in [-0.1, -0.05) is 80.9 Å². The quantitative estimate of drug-likeness (QED) is 0.166. The predicted molar refractivity (Wildman–Crippen MR) is 165 cm³/mol. The number of pyridine rings is 1. The molecule has 3 heterocycles. The Morgan fingerprint density at radius 2 is 1.57 bits per heavy atom. The monoisotopic (exact) mass is 728 g/mol. The molecule has 4 aromatic carbocycles. The van der Waals surface area contributed by atoms with E-state index in [9.17, 15) is 0 Å². The summed E-state index contributed by atoms with van der Waals surface area (Å²) in [6.45, 7) is 6.65. The average molecular weight is 729 g/mol. The summed E-state index contributed by atoms with van der Waals surface area (Å²) in [5.74, 6) is 2.22. The van der Waals surface area contributed by atoms with Crippen LogP contribution in [0.5, 0.6) is 11.5 Å². The first kappa shape index (κ1) is 27.7. The van der Waals surface area contributed by atoms with E-state index in [4.69, 9.17) is 9.72 Å². The fourth-order valence-electron chi connectivity index (χ4n) is 5.24. The molecule has 0 fully saturated rings. The van der Waals surface area contributed by atoms with Crippen LogP contribution < -0.4 is 4.74 Å². The molecule has 0 aliphatic rings. The zero-order valence-corrected chi connectivity index (χ0v) is 25.8. The van der Waals surface area contributed by atoms with Crippen LogP contribution in [0.4, 0.5) is 0 Å². The van der Waals surface area contributed by atoms with Crippen molar-refractivity contribution in [3.05, 3.63) is 133 Å². The number of para-hydroxylation sites is 1. The maximum absolute atomic E-state index is 6.37. The molecule has 0 spiro atoms. The summed E-state index contributed by atoms with van der Waals surface area (Å²) in [5.41, 5.74) is 6.37. The molecule has 7 aromatic rings. The molecular weight excluding hydrogens is 700 g/mol. The third-order valence-corrected chi connectivity index (χ3v) is 7.40. The molecule has 0 aliphatic carbocycles. The average Bonchev–Trinajstić information content (AvgIpc) is 3.61. The van der Waals surface area contributed by atoms with Crippen LogP contribution in [0.25, 0.3) is 44.4 Å². The third kappa shape index (κ3) is 5.17. The van der Waals surface area contributed by atoms with Crippen molar-refractivity contribution in [3.63, 3.8) is 0 Å². The van der Waals surface area contributed by atoms with Crippen LogP contribution in [0, 0.1) is 6.07 Å². The molecule has 6 heteroatoms. The summed E-state index contributed by atoms with van der Waals surface area (Å²) >= 11 is 0. The molecule has 5 nitrogen and oxygen atoms in total. The van der Waals surface area contributed by atoms with E-state index in [0.29, 0.717) is 11.5 Å². The number of ether oxygens (including phenoxy) is 1. The number of hydrogen-bond donors (Lipinski definition) is 0. The van der Waals surface area contributed by atoms with Crippen LogP contribution in [0.2, 0.25) is 0 Å². The molecule has 7 rings (SSSR count). The first-order valence-electron chi connectivity index (χ1n) is 13.7. The number of hydrogen-bond acceptors (Lipinski definition) is 3. The van der Waals surface area contributed by atoms with E-state index in [0.717, 1.165) is 44.4 Å². The van der Waals surface area contributed by atoms with Gasteiger partial charge in [-0.05, 0) is 52.3 Å². The first-order valence-corrected chi connectivity index (χ1v) is 13.7. The van der Waals surface area contributed by atoms with E-state index in [1.165, 1.54) is 5.56 Å². The molecule has 42 heavy (non-hydrogen) atoms. The van der Waals surface area contributed by atoms with Gasteiger partial charge in [0.25, 0.3) is 0 Å². The summed E-state index contributed by atoms with van der Waals surface area (Å²) < 4.78 is 10.4. The topological polar surface area (TPSA) is 44.9 Å². The predicted octanol–water partition coefficient (Wildman–Crippen LogP) is 8.92. The molecule has 0 aliphatic heterocycles. The van der Waals surface area contributed by atoms with Crippen molar-refractivity contribution in [2.24, 2.45) is 0 Å². The first-order chi connectivity index (χ1) is 19.9. The van der Waals surface area contributed by atoms with Crippen molar-refractivity contribution in [1.82, 2.24) is 19.3 Å². The van der Waals surface area contributed by atoms with Crippen molar-refractivity contribution < 1.29 is 25.8 Å². The van der Waals surface area contributed by atoms with Crippen LogP contribution in [-0.4, -0.2) is 19.3 Å². The Balaban J connectivity index is 0.00000316. The summed E-state index contributed by atoms with van der Waals surface area (Å²) in [6, 6.07) is 38.5. The van der Waals surface area contributed by atoms with Crippen molar-refractivity contribution >= 4 is 21.8 Å². The van der Waals surface area contributed by atoms with Crippen LogP contribution in [-0.2, 0) is 26.5 Å². The van der Waals surface area contributed by atoms with Gasteiger partial charge in [-0.25, -0.2) is 9.67 Å². The second-order valence-electron chi connectivity index (χ2n) is 11.2. The number of fused-ring (bicyclic) bond motifs is 3. The number of rotatable bonds is 5. The summed E-state index contributed by atoms with van der Waals surface area (Å²) in [6.07, 6.45) is 5.80. The molecule has 3 aromatic heterocycles. The summed E-state index contributed by atoms with van der Waals surface area (Å²) in [7, 11) is 0. The smallest absolute Gasteiger partial charge is 0.135 e. The van der Waals surface area contributed by atoms with Gasteiger partial charge in [0.1, 0.15) is 11.6 Å². The van der Waals surface area contributed by atoms with Crippen molar-refractivity contribution in [3.8, 4) is 34.1 Å². The number of benzene rings is 4. The van der Waals surface area contributed by atoms with Crippen molar-refractivity contribution in [1.29, 1.82) is 0 Å². The van der Waals surface area contributed by atoms with E-state index in [1.807, 2.05) is 71.8 Å². The Hall–Kier alpha value is -4.47. The molecule has 0 radical (unpaired) electrons. The standard InChI is InChI=1S/C36H29N4O.Pt/c1-36(2,3)27-18-19-37-35(20-27)40-33-15-8-7-14-31(33)32-17-16-30(22-34(32)40)41-29-13-9-12-28(21-29)39-24-26(23-38-39)25-10-5-4-6-11-25;/h4-21,23-24H,1-3H3;/q-1;. The summed E-state index contributed by atoms with van der Waals surface area (Å²) in [4.78, 5) is 4.77. The molecule has 0 amide bonds. The molecular formula is C36H29N4OPt-. The van der Waals surface area contributed by atoms with E-state index in [-0.39, 0.29) is 26.5 Å². The molecule has 0 atom stereocenters. The zero-order valence-electron chi connectivity index (χ0n) is 23.6. The van der Waals surface area contributed by atoms with Gasteiger partial charge in [0.05, 0.1) is 11.9 Å². The van der Waals surface area contributed by atoms with E-state index >= 15 is 0 Å². The van der Waals surface area contributed by atoms with Gasteiger partial charge in [0.2, 0.25) is 0 Å². The Kier molecular flexibility index (Phi) is 7.30. The van der Waals surface area contributed by atoms with Gasteiger partial charge in [0, 0.05) is 56.4 Å². The van der Waals surface area contributed by atoms with Gasteiger partial charge in [0.15, 0.2) is 0 Å². The van der Waals surface area contributed by atoms with Gasteiger partial charge in [-0.3, -0.25) is 0 Å². The Bertz CT molecular complexity index is 2020. The second kappa shape index (κ2) is 11.1. The van der Waals surface area contributed by atoms with Gasteiger partial charge < -0.3 is 9.30 Å². The number of aromatic nitrogens is 4. The Morgan fingerprint density at radius 1 is 0.762 bits per heavy atom. The fraction of sp³-hybridized carbons (Fsp3) is 0.111. The van der Waals surface area contributed by atoms with Crippen LogP contribution in [0.15, 0.2) is 122 Å². The minimum absolute atomic E-state index is 0. The molecule has 0 N–H and O–H groups in total. The molecule has 0 saturated carbocycles. The number of nitrogens with zero attached hydrogens (tertiary/aromatic N) is 4. The zero-order chi connectivity index (χ0) is 28.0. The van der Waals surface area contributed by atoms with Crippen LogP contribution in [0.3, 0.4) is 0 Å². The SMILES string of the molecule is CC(C)(C)c1ccnc(-n2c3[c-]c(Oc4cccc(-n5cc(-c6ccccc6)cn5)c4)ccc3c3ccccc32)c1.[Pt]. The second-order valence-corrected chi connectivity index (χ2v) is 11.2. The largest absolute Gasteiger partial charge is 0.483 e. The van der Waals surface area contributed by atoms with E-state index < -0.39 is 0 Å². The van der Waals surface area contributed by atoms with Gasteiger partial charge in [-0.2, -0.15) is 11.2 Å². The van der Waals surface area contributed by atoms with Crippen LogP contribution >= 0.6 is 0 Å². The molecule has 210 valence electrons. The van der Waals surface area contributed by atoms with E-state index in [1.54, 1.807) is 0 Å². The molecule has 0 unspecified atom stereocenters. The van der Waals surface area contributed by atoms with Gasteiger partial charge in [-0.15, -0.1) is 17.5 Å². The Labute approximate surface area is 259 Å². The minimum Gasteiger partial charge on any atom is -0.483 e. The van der Waals surface area contributed by atoms with Crippen LogP contribution in [0.1, 0.15) is 26.3 Å². The van der Waals surface area contributed by atoms with E-state index in [2.05, 4.69) is 91.1 Å². The molecule has 0 saturated heterocycles. The van der Waals surface area contributed by atoms with Crippen molar-refractivity contribution in [2.45, 2.75) is 26.2 Å². The Morgan fingerprint density at radius 3 is 2.40 bits per heavy atom. The summed E-state index contributed by atoms with van der Waals surface area (Å²) in [5, 5.41) is 6.85. The normalized spacial score (nSPS) is 11.5. The fourth-order valence-corrected chi connectivity index (χ4v) is 5.24. The van der Waals surface area contributed by atoms with Crippen molar-refractivity contribution in [2.75, 3.05) is 0 Å². The maximum Gasteiger partial charge on any atom is 0.135 e. The minimum atomic E-state index is 0. The third-order valence-electron chi connectivity index (χ3n) is 7.40. The van der Waals surface area contributed by atoms with Gasteiger partial charge >= 0.3 is 0 Å². The molecule has 0 bridgehead atoms. The maximum atomic E-state index is 6.37.